The molecule has 0 aromatic rings. The van der Waals surface area contributed by atoms with E-state index in [1.165, 1.54) is 19.3 Å². The van der Waals surface area contributed by atoms with Crippen LogP contribution in [0.15, 0.2) is 0 Å². The Balaban J connectivity index is 2.28. The van der Waals surface area contributed by atoms with Gasteiger partial charge >= 0.3 is 6.09 Å². The van der Waals surface area contributed by atoms with Gasteiger partial charge in [-0.25, -0.2) is 4.79 Å². The van der Waals surface area contributed by atoms with Crippen molar-refractivity contribution in [2.24, 2.45) is 11.8 Å². The fraction of sp³-hybridized carbons (Fsp3) is 0.867. The largest absolute Gasteiger partial charge is 0.450 e. The van der Waals surface area contributed by atoms with Gasteiger partial charge in [-0.3, -0.25) is 4.79 Å². The molecule has 5 nitrogen and oxygen atoms in total. The monoisotopic (exact) mass is 284 g/mol. The summed E-state index contributed by atoms with van der Waals surface area (Å²) in [6.07, 6.45) is 4.57. The quantitative estimate of drug-likeness (QED) is 0.787. The number of ether oxygens (including phenoxy) is 1. The second-order valence-electron chi connectivity index (χ2n) is 5.76. The number of alkyl carbamates (subject to hydrolysis) is 1. The average Bonchev–Trinajstić information content (AvgIpc) is 2.39. The molecule has 0 saturated heterocycles. The molecule has 0 aromatic heterocycles. The first-order valence-electron chi connectivity index (χ1n) is 7.74. The lowest BCUT2D eigenvalue weighted by Crippen LogP contribution is -2.44. The van der Waals surface area contributed by atoms with E-state index in [4.69, 9.17) is 4.74 Å². The van der Waals surface area contributed by atoms with Crippen molar-refractivity contribution >= 4 is 12.0 Å². The van der Waals surface area contributed by atoms with Crippen LogP contribution in [0, 0.1) is 11.8 Å². The molecule has 1 rings (SSSR count). The molecule has 1 saturated carbocycles. The van der Waals surface area contributed by atoms with E-state index < -0.39 is 6.09 Å². The lowest BCUT2D eigenvalue weighted by atomic mass is 9.78. The van der Waals surface area contributed by atoms with Crippen molar-refractivity contribution < 1.29 is 14.3 Å². The number of nitrogens with one attached hydrogen (secondary N) is 2. The van der Waals surface area contributed by atoms with Gasteiger partial charge < -0.3 is 15.4 Å². The van der Waals surface area contributed by atoms with Gasteiger partial charge in [0.25, 0.3) is 0 Å². The Morgan fingerprint density at radius 2 is 1.95 bits per heavy atom. The Hall–Kier alpha value is -1.26. The van der Waals surface area contributed by atoms with Gasteiger partial charge in [0.1, 0.15) is 0 Å². The number of amides is 2. The topological polar surface area (TPSA) is 67.4 Å². The third-order valence-electron chi connectivity index (χ3n) is 3.92. The maximum atomic E-state index is 11.9. The average molecular weight is 284 g/mol. The van der Waals surface area contributed by atoms with E-state index in [-0.39, 0.29) is 5.91 Å². The Morgan fingerprint density at radius 1 is 1.25 bits per heavy atom. The summed E-state index contributed by atoms with van der Waals surface area (Å²) in [4.78, 5) is 23.0. The first kappa shape index (κ1) is 16.8. The highest BCUT2D eigenvalue weighted by atomic mass is 16.5. The summed E-state index contributed by atoms with van der Waals surface area (Å²) in [6.45, 7) is 6.86. The molecule has 0 spiro atoms. The van der Waals surface area contributed by atoms with Crippen LogP contribution in [-0.4, -0.2) is 31.2 Å². The van der Waals surface area contributed by atoms with Crippen molar-refractivity contribution in [2.75, 3.05) is 13.2 Å². The van der Waals surface area contributed by atoms with Crippen LogP contribution in [0.25, 0.3) is 0 Å². The highest BCUT2D eigenvalue weighted by Gasteiger charge is 2.28. The normalized spacial score (nSPS) is 22.4. The molecule has 20 heavy (non-hydrogen) atoms. The molecule has 0 aromatic carbocycles. The Morgan fingerprint density at radius 3 is 2.60 bits per heavy atom. The van der Waals surface area contributed by atoms with E-state index >= 15 is 0 Å². The molecule has 0 unspecified atom stereocenters. The Kier molecular flexibility index (Phi) is 7.41. The third kappa shape index (κ3) is 5.80. The van der Waals surface area contributed by atoms with Crippen LogP contribution in [0.5, 0.6) is 0 Å². The lowest BCUT2D eigenvalue weighted by Gasteiger charge is -2.34. The van der Waals surface area contributed by atoms with Crippen molar-refractivity contribution in [3.8, 4) is 0 Å². The summed E-state index contributed by atoms with van der Waals surface area (Å²) in [6, 6.07) is 0.291. The molecule has 2 amide bonds. The zero-order valence-electron chi connectivity index (χ0n) is 12.9. The first-order chi connectivity index (χ1) is 9.54. The van der Waals surface area contributed by atoms with E-state index in [2.05, 4.69) is 24.5 Å². The summed E-state index contributed by atoms with van der Waals surface area (Å²) in [7, 11) is 0. The number of hydrogen-bond donors (Lipinski definition) is 2. The van der Waals surface area contributed by atoms with Crippen LogP contribution < -0.4 is 10.6 Å². The first-order valence-corrected chi connectivity index (χ1v) is 7.74. The van der Waals surface area contributed by atoms with Gasteiger partial charge in [-0.2, -0.15) is 0 Å². The van der Waals surface area contributed by atoms with Crippen LogP contribution in [0.1, 0.15) is 52.9 Å². The zero-order chi connectivity index (χ0) is 15.0. The van der Waals surface area contributed by atoms with Crippen LogP contribution in [-0.2, 0) is 9.53 Å². The molecule has 0 aliphatic heterocycles. The van der Waals surface area contributed by atoms with Gasteiger partial charge in [0.15, 0.2) is 0 Å². The second-order valence-corrected chi connectivity index (χ2v) is 5.76. The number of carbonyl (C=O) groups is 2. The number of carbonyl (C=O) groups excluding carboxylic acids is 2. The van der Waals surface area contributed by atoms with E-state index in [0.717, 1.165) is 6.42 Å². The van der Waals surface area contributed by atoms with E-state index in [1.807, 2.05) is 0 Å². The molecule has 1 aliphatic carbocycles. The summed E-state index contributed by atoms with van der Waals surface area (Å²) >= 11 is 0. The lowest BCUT2D eigenvalue weighted by molar-refractivity contribution is -0.122. The highest BCUT2D eigenvalue weighted by Crippen LogP contribution is 2.30. The zero-order valence-corrected chi connectivity index (χ0v) is 12.9. The summed E-state index contributed by atoms with van der Waals surface area (Å²) in [5.41, 5.74) is 0. The molecule has 2 atom stereocenters. The maximum absolute atomic E-state index is 11.9. The summed E-state index contributed by atoms with van der Waals surface area (Å²) in [5.74, 6) is 1.18. The SMILES string of the molecule is CCOC(=O)NCCC(=O)N[C@@H]1CCCC[C@@H]1C(C)C. The minimum atomic E-state index is -0.460. The third-order valence-corrected chi connectivity index (χ3v) is 3.92. The maximum Gasteiger partial charge on any atom is 0.407 e. The molecule has 0 radical (unpaired) electrons. The van der Waals surface area contributed by atoms with Crippen molar-refractivity contribution in [3.05, 3.63) is 0 Å². The predicted molar refractivity (Wildman–Crippen MR) is 78.4 cm³/mol. The van der Waals surface area contributed by atoms with Gasteiger partial charge in [0.2, 0.25) is 5.91 Å². The van der Waals surface area contributed by atoms with Gasteiger partial charge in [-0.05, 0) is 31.6 Å². The molecule has 0 heterocycles. The molecular formula is C15H28N2O3. The Labute approximate surface area is 121 Å². The molecular weight excluding hydrogens is 256 g/mol. The van der Waals surface area contributed by atoms with E-state index in [1.54, 1.807) is 6.92 Å². The minimum Gasteiger partial charge on any atom is -0.450 e. The molecule has 116 valence electrons. The van der Waals surface area contributed by atoms with Gasteiger partial charge in [0, 0.05) is 19.0 Å². The second kappa shape index (κ2) is 8.82. The summed E-state index contributed by atoms with van der Waals surface area (Å²) < 4.78 is 4.74. The fourth-order valence-electron chi connectivity index (χ4n) is 2.88. The highest BCUT2D eigenvalue weighted by molar-refractivity contribution is 5.77. The van der Waals surface area contributed by atoms with Gasteiger partial charge in [-0.15, -0.1) is 0 Å². The van der Waals surface area contributed by atoms with E-state index in [9.17, 15) is 9.59 Å². The number of hydrogen-bond acceptors (Lipinski definition) is 3. The standard InChI is InChI=1S/C15H28N2O3/c1-4-20-15(19)16-10-9-14(18)17-13-8-6-5-7-12(13)11(2)3/h11-13H,4-10H2,1-3H3,(H,16,19)(H,17,18)/t12-,13-/m1/s1. The molecule has 1 aliphatic rings. The molecule has 5 heteroatoms. The van der Waals surface area contributed by atoms with Crippen molar-refractivity contribution in [2.45, 2.75) is 58.9 Å². The Bertz CT molecular complexity index is 318. The number of rotatable bonds is 6. The van der Waals surface area contributed by atoms with Crippen LogP contribution in [0.2, 0.25) is 0 Å². The summed E-state index contributed by atoms with van der Waals surface area (Å²) in [5, 5.41) is 5.69. The van der Waals surface area contributed by atoms with Crippen molar-refractivity contribution in [3.63, 3.8) is 0 Å². The van der Waals surface area contributed by atoms with E-state index in [0.29, 0.717) is 37.5 Å². The van der Waals surface area contributed by atoms with Crippen LogP contribution >= 0.6 is 0 Å². The smallest absolute Gasteiger partial charge is 0.407 e. The molecule has 0 bridgehead atoms. The van der Waals surface area contributed by atoms with Crippen molar-refractivity contribution in [1.29, 1.82) is 0 Å². The predicted octanol–water partition coefficient (Wildman–Crippen LogP) is 2.45. The fourth-order valence-corrected chi connectivity index (χ4v) is 2.88. The minimum absolute atomic E-state index is 0.0133. The van der Waals surface area contributed by atoms with Gasteiger partial charge in [-0.1, -0.05) is 26.7 Å². The molecule has 1 fully saturated rings. The molecule has 2 N–H and O–H groups in total. The van der Waals surface area contributed by atoms with Crippen LogP contribution in [0.4, 0.5) is 4.79 Å². The van der Waals surface area contributed by atoms with Gasteiger partial charge in [0.05, 0.1) is 6.61 Å². The van der Waals surface area contributed by atoms with Crippen LogP contribution in [0.3, 0.4) is 0 Å². The van der Waals surface area contributed by atoms with Crippen molar-refractivity contribution in [1.82, 2.24) is 10.6 Å².